The van der Waals surface area contributed by atoms with Crippen molar-refractivity contribution in [1.29, 1.82) is 0 Å². The van der Waals surface area contributed by atoms with Gasteiger partial charge in [0, 0.05) is 60.8 Å². The third kappa shape index (κ3) is 7.61. The predicted octanol–water partition coefficient (Wildman–Crippen LogP) is 4.46. The minimum absolute atomic E-state index is 0.249. The summed E-state index contributed by atoms with van der Waals surface area (Å²) in [6, 6.07) is 17.8. The van der Waals surface area contributed by atoms with E-state index in [0.29, 0.717) is 19.6 Å². The first-order chi connectivity index (χ1) is 15.4. The van der Waals surface area contributed by atoms with Crippen molar-refractivity contribution in [3.8, 4) is 0 Å². The summed E-state index contributed by atoms with van der Waals surface area (Å²) < 4.78 is 0. The highest BCUT2D eigenvalue weighted by Crippen LogP contribution is 2.18. The fourth-order valence-electron chi connectivity index (χ4n) is 3.14. The van der Waals surface area contributed by atoms with Gasteiger partial charge in [-0.15, -0.1) is 0 Å². The molecule has 0 saturated heterocycles. The van der Waals surface area contributed by atoms with Crippen LogP contribution >= 0.6 is 0 Å². The Balaban J connectivity index is 1.72. The van der Waals surface area contributed by atoms with Gasteiger partial charge in [0.1, 0.15) is 0 Å². The Hall–Kier alpha value is -3.54. The van der Waals surface area contributed by atoms with Crippen molar-refractivity contribution < 1.29 is 0 Å². The summed E-state index contributed by atoms with van der Waals surface area (Å²) in [4.78, 5) is 27.5. The molecule has 0 spiro atoms. The molecule has 0 N–H and O–H groups in total. The SMILES string of the molecule is Cc1cccc(C=NCC(C)(CN=Cc2cccc(C)n2)CN=Cc2cccc(C)n2)n1. The minimum atomic E-state index is -0.249. The van der Waals surface area contributed by atoms with Gasteiger partial charge in [-0.3, -0.25) is 29.9 Å². The van der Waals surface area contributed by atoms with Crippen LogP contribution < -0.4 is 0 Å². The summed E-state index contributed by atoms with van der Waals surface area (Å²) >= 11 is 0. The second kappa shape index (κ2) is 11.2. The van der Waals surface area contributed by atoms with Crippen molar-refractivity contribution in [2.45, 2.75) is 27.7 Å². The molecule has 6 nitrogen and oxygen atoms in total. The van der Waals surface area contributed by atoms with Crippen LogP contribution in [0.25, 0.3) is 0 Å². The lowest BCUT2D eigenvalue weighted by atomic mass is 9.91. The topological polar surface area (TPSA) is 75.8 Å². The van der Waals surface area contributed by atoms with Crippen LogP contribution in [-0.2, 0) is 0 Å². The van der Waals surface area contributed by atoms with Crippen molar-refractivity contribution >= 4 is 18.6 Å². The number of hydrogen-bond donors (Lipinski definition) is 0. The lowest BCUT2D eigenvalue weighted by molar-refractivity contribution is 0.366. The van der Waals surface area contributed by atoms with Gasteiger partial charge >= 0.3 is 0 Å². The smallest absolute Gasteiger partial charge is 0.0811 e. The van der Waals surface area contributed by atoms with Gasteiger partial charge in [0.2, 0.25) is 0 Å². The molecule has 0 unspecified atom stereocenters. The van der Waals surface area contributed by atoms with E-state index in [1.54, 1.807) is 0 Å². The monoisotopic (exact) mass is 426 g/mol. The van der Waals surface area contributed by atoms with Crippen LogP contribution in [0.1, 0.15) is 41.1 Å². The van der Waals surface area contributed by atoms with Gasteiger partial charge in [-0.25, -0.2) is 0 Å². The van der Waals surface area contributed by atoms with Crippen LogP contribution in [0.3, 0.4) is 0 Å². The Bertz CT molecular complexity index is 977. The van der Waals surface area contributed by atoms with Crippen LogP contribution in [0, 0.1) is 26.2 Å². The fourth-order valence-corrected chi connectivity index (χ4v) is 3.14. The van der Waals surface area contributed by atoms with Gasteiger partial charge < -0.3 is 0 Å². The third-order valence-electron chi connectivity index (χ3n) is 4.82. The van der Waals surface area contributed by atoms with E-state index in [4.69, 9.17) is 0 Å². The highest BCUT2D eigenvalue weighted by Gasteiger charge is 2.23. The molecule has 0 amide bonds. The molecule has 164 valence electrons. The first kappa shape index (κ1) is 23.1. The largest absolute Gasteiger partial charge is 0.290 e. The van der Waals surface area contributed by atoms with Crippen LogP contribution in [-0.4, -0.2) is 53.2 Å². The number of pyridine rings is 3. The van der Waals surface area contributed by atoms with Gasteiger partial charge in [-0.05, 0) is 57.2 Å². The van der Waals surface area contributed by atoms with E-state index in [1.165, 1.54) is 0 Å². The van der Waals surface area contributed by atoms with E-state index in [1.807, 2.05) is 94.0 Å². The summed E-state index contributed by atoms with van der Waals surface area (Å²) in [7, 11) is 0. The fraction of sp³-hybridized carbons (Fsp3) is 0.308. The molecule has 3 aromatic rings. The molecular formula is C26H30N6. The van der Waals surface area contributed by atoms with E-state index >= 15 is 0 Å². The normalized spacial score (nSPS) is 13.9. The predicted molar refractivity (Wildman–Crippen MR) is 132 cm³/mol. The molecule has 3 aromatic heterocycles. The summed E-state index contributed by atoms with van der Waals surface area (Å²) in [5.74, 6) is 0. The molecule has 3 heterocycles. The zero-order valence-corrected chi connectivity index (χ0v) is 19.2. The quantitative estimate of drug-likeness (QED) is 0.474. The molecule has 0 aliphatic carbocycles. The first-order valence-corrected chi connectivity index (χ1v) is 10.7. The van der Waals surface area contributed by atoms with Crippen molar-refractivity contribution in [3.63, 3.8) is 0 Å². The first-order valence-electron chi connectivity index (χ1n) is 10.7. The zero-order valence-electron chi connectivity index (χ0n) is 19.2. The molecule has 6 heteroatoms. The number of aromatic nitrogens is 3. The standard InChI is InChI=1S/C26H30N6/c1-20-8-5-11-23(30-20)14-27-17-26(4,18-28-15-24-12-6-9-21(2)31-24)19-29-16-25-13-7-10-22(3)32-25/h5-16H,17-19H2,1-4H3. The Morgan fingerprint density at radius 2 is 0.906 bits per heavy atom. The molecule has 0 saturated carbocycles. The molecular weight excluding hydrogens is 396 g/mol. The Morgan fingerprint density at radius 1 is 0.594 bits per heavy atom. The molecule has 0 bridgehead atoms. The molecule has 0 radical (unpaired) electrons. The second-order valence-electron chi connectivity index (χ2n) is 8.33. The Labute approximate surface area is 190 Å². The van der Waals surface area contributed by atoms with E-state index in [0.717, 1.165) is 34.2 Å². The van der Waals surface area contributed by atoms with Gasteiger partial charge in [0.15, 0.2) is 0 Å². The van der Waals surface area contributed by atoms with Gasteiger partial charge in [-0.2, -0.15) is 0 Å². The van der Waals surface area contributed by atoms with Crippen molar-refractivity contribution in [2.24, 2.45) is 20.4 Å². The van der Waals surface area contributed by atoms with Crippen LogP contribution in [0.15, 0.2) is 69.6 Å². The minimum Gasteiger partial charge on any atom is -0.290 e. The van der Waals surface area contributed by atoms with Crippen molar-refractivity contribution in [3.05, 3.63) is 88.8 Å². The summed E-state index contributed by atoms with van der Waals surface area (Å²) in [5.41, 5.74) is 5.24. The summed E-state index contributed by atoms with van der Waals surface area (Å²) in [6.45, 7) is 9.83. The van der Waals surface area contributed by atoms with Crippen molar-refractivity contribution in [1.82, 2.24) is 15.0 Å². The lowest BCUT2D eigenvalue weighted by Gasteiger charge is -2.23. The Kier molecular flexibility index (Phi) is 8.08. The number of aliphatic imine (C=N–C) groups is 3. The van der Waals surface area contributed by atoms with Crippen LogP contribution in [0.4, 0.5) is 0 Å². The molecule has 0 aromatic carbocycles. The molecule has 0 atom stereocenters. The maximum absolute atomic E-state index is 4.67. The maximum Gasteiger partial charge on any atom is 0.0811 e. The average molecular weight is 427 g/mol. The van der Waals surface area contributed by atoms with E-state index in [2.05, 4.69) is 36.9 Å². The second-order valence-corrected chi connectivity index (χ2v) is 8.33. The van der Waals surface area contributed by atoms with E-state index in [-0.39, 0.29) is 5.41 Å². The maximum atomic E-state index is 4.67. The van der Waals surface area contributed by atoms with Gasteiger partial charge in [0.05, 0.1) is 17.1 Å². The summed E-state index contributed by atoms with van der Waals surface area (Å²) in [6.07, 6.45) is 5.47. The van der Waals surface area contributed by atoms with E-state index < -0.39 is 0 Å². The number of hydrogen-bond acceptors (Lipinski definition) is 6. The molecule has 3 rings (SSSR count). The summed E-state index contributed by atoms with van der Waals surface area (Å²) in [5, 5.41) is 0. The zero-order chi connectivity index (χ0) is 22.8. The number of nitrogens with zero attached hydrogens (tertiary/aromatic N) is 6. The average Bonchev–Trinajstić information content (AvgIpc) is 2.74. The molecule has 0 fully saturated rings. The Morgan fingerprint density at radius 3 is 1.19 bits per heavy atom. The highest BCUT2D eigenvalue weighted by atomic mass is 14.9. The van der Waals surface area contributed by atoms with Crippen molar-refractivity contribution in [2.75, 3.05) is 19.6 Å². The number of aryl methyl sites for hydroxylation is 3. The van der Waals surface area contributed by atoms with Gasteiger partial charge in [0.25, 0.3) is 0 Å². The lowest BCUT2D eigenvalue weighted by Crippen LogP contribution is -2.28. The highest BCUT2D eigenvalue weighted by molar-refractivity contribution is 5.78. The van der Waals surface area contributed by atoms with E-state index in [9.17, 15) is 0 Å². The van der Waals surface area contributed by atoms with Crippen LogP contribution in [0.5, 0.6) is 0 Å². The molecule has 0 aliphatic heterocycles. The molecule has 32 heavy (non-hydrogen) atoms. The third-order valence-corrected chi connectivity index (χ3v) is 4.82. The van der Waals surface area contributed by atoms with Gasteiger partial charge in [-0.1, -0.05) is 25.1 Å². The number of rotatable bonds is 9. The van der Waals surface area contributed by atoms with Crippen LogP contribution in [0.2, 0.25) is 0 Å². The molecule has 0 aliphatic rings.